The van der Waals surface area contributed by atoms with E-state index in [1.807, 2.05) is 6.92 Å². The van der Waals surface area contributed by atoms with Gasteiger partial charge in [0.25, 0.3) is 0 Å². The molecule has 0 saturated heterocycles. The van der Waals surface area contributed by atoms with Gasteiger partial charge in [-0.25, -0.2) is 4.39 Å². The van der Waals surface area contributed by atoms with Crippen LogP contribution < -0.4 is 10.1 Å². The van der Waals surface area contributed by atoms with E-state index in [1.165, 1.54) is 13.2 Å². The lowest BCUT2D eigenvalue weighted by molar-refractivity contribution is -0.385. The van der Waals surface area contributed by atoms with Crippen LogP contribution in [-0.2, 0) is 4.74 Å². The number of hydrogen-bond donors (Lipinski definition) is 1. The zero-order chi connectivity index (χ0) is 15.0. The maximum atomic E-state index is 13.7. The Bertz CT molecular complexity index is 454. The summed E-state index contributed by atoms with van der Waals surface area (Å²) in [5.41, 5.74) is -0.204. The van der Waals surface area contributed by atoms with Gasteiger partial charge in [-0.2, -0.15) is 0 Å². The lowest BCUT2D eigenvalue weighted by Crippen LogP contribution is -2.08. The zero-order valence-corrected chi connectivity index (χ0v) is 11.6. The molecule has 7 heteroatoms. The fourth-order valence-corrected chi connectivity index (χ4v) is 1.63. The average molecular weight is 286 g/mol. The Hall–Kier alpha value is -1.89. The van der Waals surface area contributed by atoms with Crippen LogP contribution in [0.3, 0.4) is 0 Å². The van der Waals surface area contributed by atoms with Crippen molar-refractivity contribution in [1.82, 2.24) is 0 Å². The summed E-state index contributed by atoms with van der Waals surface area (Å²) >= 11 is 0. The normalized spacial score (nSPS) is 10.3. The molecule has 0 aliphatic rings. The quantitative estimate of drug-likeness (QED) is 0.429. The molecule has 1 aromatic rings. The topological polar surface area (TPSA) is 73.6 Å². The van der Waals surface area contributed by atoms with E-state index in [4.69, 9.17) is 9.47 Å². The largest absolute Gasteiger partial charge is 0.490 e. The summed E-state index contributed by atoms with van der Waals surface area (Å²) in [6.07, 6.45) is 1.68. The highest BCUT2D eigenvalue weighted by atomic mass is 19.1. The Morgan fingerprint density at radius 3 is 2.75 bits per heavy atom. The van der Waals surface area contributed by atoms with Gasteiger partial charge in [-0.15, -0.1) is 0 Å². The highest BCUT2D eigenvalue weighted by Crippen LogP contribution is 2.32. The summed E-state index contributed by atoms with van der Waals surface area (Å²) in [7, 11) is 1.31. The van der Waals surface area contributed by atoms with Crippen molar-refractivity contribution >= 4 is 11.4 Å². The number of hydrogen-bond acceptors (Lipinski definition) is 5. The molecule has 0 atom stereocenters. The van der Waals surface area contributed by atoms with Crippen LogP contribution in [-0.4, -0.2) is 31.8 Å². The number of rotatable bonds is 9. The monoisotopic (exact) mass is 286 g/mol. The highest BCUT2D eigenvalue weighted by molar-refractivity contribution is 5.59. The summed E-state index contributed by atoms with van der Waals surface area (Å²) < 4.78 is 23.9. The van der Waals surface area contributed by atoms with Gasteiger partial charge in [0.1, 0.15) is 0 Å². The lowest BCUT2D eigenvalue weighted by Gasteiger charge is -2.10. The minimum atomic E-state index is -0.676. The molecular formula is C13H19FN2O4. The van der Waals surface area contributed by atoms with Gasteiger partial charge in [-0.05, 0) is 12.8 Å². The minimum absolute atomic E-state index is 0.0288. The van der Waals surface area contributed by atoms with Crippen LogP contribution in [0.25, 0.3) is 0 Å². The van der Waals surface area contributed by atoms with E-state index in [-0.39, 0.29) is 17.1 Å². The summed E-state index contributed by atoms with van der Waals surface area (Å²) in [5, 5.41) is 13.6. The number of nitrogens with one attached hydrogen (secondary N) is 1. The van der Waals surface area contributed by atoms with Gasteiger partial charge in [0.05, 0.1) is 23.8 Å². The van der Waals surface area contributed by atoms with Crippen molar-refractivity contribution in [2.45, 2.75) is 19.8 Å². The number of nitro groups is 1. The molecule has 0 aliphatic heterocycles. The SMILES string of the molecule is CCCOCCCNc1cc(OC)c([N+](=O)[O-])cc1F. The standard InChI is InChI=1S/C13H19FN2O4/c1-3-6-20-7-4-5-15-11-9-13(19-2)12(16(17)18)8-10(11)14/h8-9,15H,3-7H2,1-2H3. The van der Waals surface area contributed by atoms with Crippen LogP contribution >= 0.6 is 0 Å². The van der Waals surface area contributed by atoms with E-state index in [0.717, 1.165) is 18.9 Å². The Morgan fingerprint density at radius 1 is 1.40 bits per heavy atom. The van der Waals surface area contributed by atoms with E-state index in [1.54, 1.807) is 0 Å². The predicted molar refractivity (Wildman–Crippen MR) is 73.8 cm³/mol. The van der Waals surface area contributed by atoms with Crippen LogP contribution in [0.4, 0.5) is 15.8 Å². The van der Waals surface area contributed by atoms with E-state index >= 15 is 0 Å². The van der Waals surface area contributed by atoms with Gasteiger partial charge < -0.3 is 14.8 Å². The zero-order valence-electron chi connectivity index (χ0n) is 11.6. The first kappa shape index (κ1) is 16.2. The van der Waals surface area contributed by atoms with Gasteiger partial charge >= 0.3 is 5.69 Å². The van der Waals surface area contributed by atoms with Crippen molar-refractivity contribution in [3.8, 4) is 5.75 Å². The molecule has 0 aromatic heterocycles. The molecule has 112 valence electrons. The Kier molecular flexibility index (Phi) is 6.72. The number of benzene rings is 1. The first-order chi connectivity index (χ1) is 9.60. The van der Waals surface area contributed by atoms with Gasteiger partial charge in [0.15, 0.2) is 11.6 Å². The first-order valence-corrected chi connectivity index (χ1v) is 6.43. The summed E-state index contributed by atoms with van der Waals surface area (Å²) in [6, 6.07) is 2.15. The molecule has 0 amide bonds. The molecule has 1 rings (SSSR count). The van der Waals surface area contributed by atoms with Gasteiger partial charge in [0, 0.05) is 25.8 Å². The van der Waals surface area contributed by atoms with Crippen molar-refractivity contribution in [3.63, 3.8) is 0 Å². The Balaban J connectivity index is 2.60. The molecule has 0 spiro atoms. The first-order valence-electron chi connectivity index (χ1n) is 6.43. The van der Waals surface area contributed by atoms with Crippen LogP contribution in [0.15, 0.2) is 12.1 Å². The van der Waals surface area contributed by atoms with Gasteiger partial charge in [0.2, 0.25) is 0 Å². The Labute approximate surface area is 117 Å². The van der Waals surface area contributed by atoms with Crippen molar-refractivity contribution in [1.29, 1.82) is 0 Å². The number of nitrogens with zero attached hydrogens (tertiary/aromatic N) is 1. The predicted octanol–water partition coefficient (Wildman–Crippen LogP) is 2.97. The van der Waals surface area contributed by atoms with Crippen molar-refractivity contribution < 1.29 is 18.8 Å². The summed E-state index contributed by atoms with van der Waals surface area (Å²) in [4.78, 5) is 10.1. The molecule has 1 aromatic carbocycles. The van der Waals surface area contributed by atoms with Crippen LogP contribution in [0.5, 0.6) is 5.75 Å². The third kappa shape index (κ3) is 4.65. The fourth-order valence-electron chi connectivity index (χ4n) is 1.63. The molecule has 0 radical (unpaired) electrons. The molecule has 20 heavy (non-hydrogen) atoms. The second kappa shape index (κ2) is 8.31. The van der Waals surface area contributed by atoms with E-state index in [9.17, 15) is 14.5 Å². The number of ether oxygens (including phenoxy) is 2. The summed E-state index contributed by atoms with van der Waals surface area (Å²) in [5.74, 6) is -0.645. The van der Waals surface area contributed by atoms with Crippen LogP contribution in [0.1, 0.15) is 19.8 Å². The molecule has 0 aliphatic carbocycles. The number of halogens is 1. The minimum Gasteiger partial charge on any atom is -0.490 e. The number of anilines is 1. The van der Waals surface area contributed by atoms with E-state index in [0.29, 0.717) is 19.8 Å². The second-order valence-electron chi connectivity index (χ2n) is 4.15. The number of methoxy groups -OCH3 is 1. The second-order valence-corrected chi connectivity index (χ2v) is 4.15. The molecule has 0 fully saturated rings. The third-order valence-electron chi connectivity index (χ3n) is 2.59. The maximum Gasteiger partial charge on any atom is 0.313 e. The lowest BCUT2D eigenvalue weighted by atomic mass is 10.2. The maximum absolute atomic E-state index is 13.7. The third-order valence-corrected chi connectivity index (χ3v) is 2.59. The molecule has 1 N–H and O–H groups in total. The Morgan fingerprint density at radius 2 is 2.15 bits per heavy atom. The fraction of sp³-hybridized carbons (Fsp3) is 0.538. The van der Waals surface area contributed by atoms with Crippen LogP contribution in [0.2, 0.25) is 0 Å². The van der Waals surface area contributed by atoms with E-state index in [2.05, 4.69) is 5.32 Å². The molecule has 0 saturated carbocycles. The molecule has 6 nitrogen and oxygen atoms in total. The van der Waals surface area contributed by atoms with Crippen molar-refractivity contribution in [3.05, 3.63) is 28.1 Å². The van der Waals surface area contributed by atoms with Crippen LogP contribution in [0, 0.1) is 15.9 Å². The highest BCUT2D eigenvalue weighted by Gasteiger charge is 2.18. The smallest absolute Gasteiger partial charge is 0.313 e. The van der Waals surface area contributed by atoms with Gasteiger partial charge in [-0.1, -0.05) is 6.92 Å². The average Bonchev–Trinajstić information content (AvgIpc) is 2.43. The molecular weight excluding hydrogens is 267 g/mol. The molecule has 0 unspecified atom stereocenters. The van der Waals surface area contributed by atoms with E-state index < -0.39 is 10.7 Å². The molecule has 0 bridgehead atoms. The van der Waals surface area contributed by atoms with Crippen molar-refractivity contribution in [2.75, 3.05) is 32.2 Å². The van der Waals surface area contributed by atoms with Gasteiger partial charge in [-0.3, -0.25) is 10.1 Å². The van der Waals surface area contributed by atoms with Crippen molar-refractivity contribution in [2.24, 2.45) is 0 Å². The summed E-state index contributed by atoms with van der Waals surface area (Å²) in [6.45, 7) is 3.84. The molecule has 0 heterocycles. The number of nitro benzene ring substituents is 1.